The van der Waals surface area contributed by atoms with Crippen molar-refractivity contribution in [3.8, 4) is 0 Å². The molecule has 0 saturated carbocycles. The van der Waals surface area contributed by atoms with E-state index in [4.69, 9.17) is 12.2 Å². The highest BCUT2D eigenvalue weighted by Gasteiger charge is 2.34. The van der Waals surface area contributed by atoms with Gasteiger partial charge in [-0.15, -0.1) is 0 Å². The van der Waals surface area contributed by atoms with Crippen molar-refractivity contribution >= 4 is 46.6 Å². The number of hydrogen-bond acceptors (Lipinski definition) is 4. The summed E-state index contributed by atoms with van der Waals surface area (Å²) >= 11 is 5.20. The summed E-state index contributed by atoms with van der Waals surface area (Å²) in [6.45, 7) is 0. The fraction of sp³-hybridized carbons (Fsp3) is 0. The number of amides is 2. The predicted molar refractivity (Wildman–Crippen MR) is 98.6 cm³/mol. The zero-order valence-corrected chi connectivity index (χ0v) is 13.7. The third kappa shape index (κ3) is 2.70. The van der Waals surface area contributed by atoms with E-state index in [1.165, 1.54) is 0 Å². The van der Waals surface area contributed by atoms with Crippen molar-refractivity contribution in [2.75, 3.05) is 5.32 Å². The fourth-order valence-electron chi connectivity index (χ4n) is 2.63. The lowest BCUT2D eigenvalue weighted by Crippen LogP contribution is -2.28. The lowest BCUT2D eigenvalue weighted by molar-refractivity contribution is -0.122. The molecule has 2 aliphatic rings. The van der Waals surface area contributed by atoms with Gasteiger partial charge in [0.2, 0.25) is 5.11 Å². The summed E-state index contributed by atoms with van der Waals surface area (Å²) in [6, 6.07) is 16.6. The highest BCUT2D eigenvalue weighted by molar-refractivity contribution is 7.80. The Bertz CT molecular complexity index is 966. The maximum Gasteiger partial charge on any atom is 0.297 e. The molecule has 2 aromatic carbocycles. The van der Waals surface area contributed by atoms with Crippen LogP contribution < -0.4 is 10.6 Å². The minimum absolute atomic E-state index is 0.136. The molecule has 0 aliphatic carbocycles. The van der Waals surface area contributed by atoms with Crippen molar-refractivity contribution in [3.05, 3.63) is 71.4 Å². The van der Waals surface area contributed by atoms with Gasteiger partial charge in [0, 0.05) is 5.56 Å². The minimum atomic E-state index is -0.404. The molecule has 25 heavy (non-hydrogen) atoms. The van der Waals surface area contributed by atoms with Crippen molar-refractivity contribution in [2.24, 2.45) is 5.10 Å². The van der Waals surface area contributed by atoms with Crippen LogP contribution in [0.1, 0.15) is 11.1 Å². The molecule has 7 heteroatoms. The average molecular weight is 348 g/mol. The van der Waals surface area contributed by atoms with Crippen LogP contribution in [0.15, 0.2) is 65.4 Å². The van der Waals surface area contributed by atoms with Crippen molar-refractivity contribution in [2.45, 2.75) is 0 Å². The Kier molecular flexibility index (Phi) is 3.62. The molecule has 2 N–H and O–H groups in total. The monoisotopic (exact) mass is 348 g/mol. The number of rotatable bonds is 2. The van der Waals surface area contributed by atoms with E-state index >= 15 is 0 Å². The van der Waals surface area contributed by atoms with Crippen molar-refractivity contribution in [3.63, 3.8) is 0 Å². The molecule has 6 nitrogen and oxygen atoms in total. The van der Waals surface area contributed by atoms with Crippen LogP contribution in [0.4, 0.5) is 5.69 Å². The third-order valence-corrected chi connectivity index (χ3v) is 4.09. The first kappa shape index (κ1) is 15.2. The van der Waals surface area contributed by atoms with Gasteiger partial charge in [0.15, 0.2) is 5.71 Å². The van der Waals surface area contributed by atoms with Gasteiger partial charge in [0.05, 0.1) is 5.69 Å². The smallest absolute Gasteiger partial charge is 0.297 e. The molecule has 4 rings (SSSR count). The molecule has 122 valence electrons. The van der Waals surface area contributed by atoms with Crippen molar-refractivity contribution in [1.29, 1.82) is 0 Å². The number of nitrogens with zero attached hydrogens (tertiary/aromatic N) is 2. The maximum absolute atomic E-state index is 12.6. The van der Waals surface area contributed by atoms with Crippen LogP contribution in [0.5, 0.6) is 0 Å². The molecular formula is C18H12N4O2S. The second-order valence-electron chi connectivity index (χ2n) is 5.46. The van der Waals surface area contributed by atoms with Gasteiger partial charge in [0.1, 0.15) is 5.70 Å². The molecule has 0 unspecified atom stereocenters. The molecular weight excluding hydrogens is 336 g/mol. The summed E-state index contributed by atoms with van der Waals surface area (Å²) in [7, 11) is 0. The zero-order chi connectivity index (χ0) is 17.4. The first-order chi connectivity index (χ1) is 12.1. The summed E-state index contributed by atoms with van der Waals surface area (Å²) in [6.07, 6.45) is 1.69. The average Bonchev–Trinajstić information content (AvgIpc) is 3.07. The van der Waals surface area contributed by atoms with Crippen LogP contribution in [-0.2, 0) is 9.59 Å². The highest BCUT2D eigenvalue weighted by atomic mass is 32.1. The Hall–Kier alpha value is -3.32. The van der Waals surface area contributed by atoms with E-state index in [9.17, 15) is 9.59 Å². The molecule has 0 aromatic heterocycles. The molecule has 0 spiro atoms. The normalized spacial score (nSPS) is 19.4. The summed E-state index contributed by atoms with van der Waals surface area (Å²) in [5.74, 6) is -0.768. The number of hydrazone groups is 1. The van der Waals surface area contributed by atoms with E-state index in [-0.39, 0.29) is 16.7 Å². The number of carbonyl (C=O) groups is 2. The van der Waals surface area contributed by atoms with Crippen LogP contribution in [-0.4, -0.2) is 27.6 Å². The molecule has 2 aliphatic heterocycles. The summed E-state index contributed by atoms with van der Waals surface area (Å²) < 4.78 is 0. The lowest BCUT2D eigenvalue weighted by atomic mass is 10.1. The number of hydrogen-bond donors (Lipinski definition) is 2. The van der Waals surface area contributed by atoms with E-state index in [1.54, 1.807) is 24.3 Å². The van der Waals surface area contributed by atoms with E-state index in [0.29, 0.717) is 16.9 Å². The topological polar surface area (TPSA) is 73.8 Å². The fourth-order valence-corrected chi connectivity index (χ4v) is 2.87. The van der Waals surface area contributed by atoms with Gasteiger partial charge in [-0.2, -0.15) is 10.1 Å². The summed E-state index contributed by atoms with van der Waals surface area (Å²) in [5.41, 5.74) is 2.64. The number of carbonyl (C=O) groups excluding carboxylic acids is 2. The van der Waals surface area contributed by atoms with Gasteiger partial charge < -0.3 is 10.6 Å². The van der Waals surface area contributed by atoms with Gasteiger partial charge in [-0.3, -0.25) is 9.59 Å². The Labute approximate surface area is 148 Å². The molecule has 0 radical (unpaired) electrons. The second-order valence-corrected chi connectivity index (χ2v) is 5.85. The number of anilines is 1. The Balaban J connectivity index is 1.68. The molecule has 1 saturated heterocycles. The van der Waals surface area contributed by atoms with Crippen LogP contribution in [0.25, 0.3) is 6.08 Å². The number of fused-ring (bicyclic) bond motifs is 1. The highest BCUT2D eigenvalue weighted by Crippen LogP contribution is 2.24. The van der Waals surface area contributed by atoms with Gasteiger partial charge in [-0.1, -0.05) is 48.5 Å². The van der Waals surface area contributed by atoms with Gasteiger partial charge in [0.25, 0.3) is 11.8 Å². The largest absolute Gasteiger partial charge is 0.326 e. The van der Waals surface area contributed by atoms with Crippen LogP contribution in [0.3, 0.4) is 0 Å². The Morgan fingerprint density at radius 1 is 0.960 bits per heavy atom. The van der Waals surface area contributed by atoms with Crippen LogP contribution in [0.2, 0.25) is 0 Å². The molecule has 2 heterocycles. The van der Waals surface area contributed by atoms with E-state index in [2.05, 4.69) is 15.7 Å². The van der Waals surface area contributed by atoms with Crippen LogP contribution >= 0.6 is 12.2 Å². The predicted octanol–water partition coefficient (Wildman–Crippen LogP) is 2.10. The first-order valence-corrected chi connectivity index (χ1v) is 7.96. The Morgan fingerprint density at radius 2 is 1.68 bits per heavy atom. The maximum atomic E-state index is 12.6. The van der Waals surface area contributed by atoms with Crippen LogP contribution in [0, 0.1) is 0 Å². The molecule has 0 bridgehead atoms. The van der Waals surface area contributed by atoms with E-state index in [0.717, 1.165) is 10.6 Å². The van der Waals surface area contributed by atoms with Crippen molar-refractivity contribution < 1.29 is 9.59 Å². The number of nitrogens with one attached hydrogen (secondary N) is 2. The Morgan fingerprint density at radius 3 is 2.48 bits per heavy atom. The summed E-state index contributed by atoms with van der Waals surface area (Å²) in [5, 5.41) is 10.9. The zero-order valence-electron chi connectivity index (χ0n) is 12.9. The third-order valence-electron chi connectivity index (χ3n) is 3.81. The van der Waals surface area contributed by atoms with E-state index in [1.807, 2.05) is 36.4 Å². The van der Waals surface area contributed by atoms with Gasteiger partial charge in [-0.05, 0) is 29.9 Å². The SMILES string of the molecule is O=C1Nc2ccccc2/C1=N\N1C(=O)/C(=C/c2ccccc2)NC1=S. The molecule has 2 aromatic rings. The lowest BCUT2D eigenvalue weighted by Gasteiger charge is -2.07. The van der Waals surface area contributed by atoms with Gasteiger partial charge in [-0.25, -0.2) is 0 Å². The van der Waals surface area contributed by atoms with E-state index < -0.39 is 5.91 Å². The molecule has 2 amide bonds. The molecule has 1 fully saturated rings. The number of thiocarbonyl (C=S) groups is 1. The number of para-hydroxylation sites is 1. The van der Waals surface area contributed by atoms with Gasteiger partial charge >= 0.3 is 0 Å². The second kappa shape index (κ2) is 5.95. The quantitative estimate of drug-likeness (QED) is 0.644. The summed E-state index contributed by atoms with van der Waals surface area (Å²) in [4.78, 5) is 24.7. The minimum Gasteiger partial charge on any atom is -0.326 e. The van der Waals surface area contributed by atoms with Crippen molar-refractivity contribution in [1.82, 2.24) is 10.3 Å². The standard InChI is InChI=1S/C18H12N4O2S/c23-16-15(12-8-4-5-9-13(12)19-16)21-22-17(24)14(20-18(22)25)10-11-6-2-1-3-7-11/h1-10H,(H,20,25)(H,19,21,23)/b14-10-. The number of benzene rings is 2. The first-order valence-electron chi connectivity index (χ1n) is 7.55. The molecule has 0 atom stereocenters.